The van der Waals surface area contributed by atoms with Crippen molar-refractivity contribution < 1.29 is 14.3 Å². The first-order chi connectivity index (χ1) is 12.9. The molecule has 0 radical (unpaired) electrons. The molecular formula is C23H29NO3. The molecule has 0 atom stereocenters. The van der Waals surface area contributed by atoms with Gasteiger partial charge in [0, 0.05) is 12.3 Å². The molecule has 1 aliphatic carbocycles. The molecule has 1 aliphatic rings. The van der Waals surface area contributed by atoms with Crippen LogP contribution in [-0.2, 0) is 16.1 Å². The summed E-state index contributed by atoms with van der Waals surface area (Å²) in [5, 5.41) is 2.77. The van der Waals surface area contributed by atoms with Gasteiger partial charge in [-0.3, -0.25) is 5.32 Å². The van der Waals surface area contributed by atoms with Crippen molar-refractivity contribution in [3.8, 4) is 0 Å². The predicted octanol–water partition coefficient (Wildman–Crippen LogP) is 5.74. The van der Waals surface area contributed by atoms with Crippen molar-refractivity contribution >= 4 is 11.8 Å². The van der Waals surface area contributed by atoms with E-state index in [4.69, 9.17) is 9.47 Å². The van der Waals surface area contributed by atoms with E-state index in [1.807, 2.05) is 51.1 Å². The van der Waals surface area contributed by atoms with Crippen LogP contribution in [0.15, 0.2) is 54.6 Å². The van der Waals surface area contributed by atoms with Crippen LogP contribution in [0, 0.1) is 5.92 Å². The molecule has 2 aromatic rings. The first-order valence-corrected chi connectivity index (χ1v) is 9.61. The summed E-state index contributed by atoms with van der Waals surface area (Å²) in [4.78, 5) is 11.8. The Labute approximate surface area is 161 Å². The molecule has 0 saturated heterocycles. The number of rotatable bonds is 6. The van der Waals surface area contributed by atoms with Gasteiger partial charge < -0.3 is 9.47 Å². The molecule has 1 N–H and O–H groups in total. The van der Waals surface area contributed by atoms with Crippen molar-refractivity contribution in [2.75, 3.05) is 11.9 Å². The molecule has 27 heavy (non-hydrogen) atoms. The minimum Gasteiger partial charge on any atom is -0.444 e. The monoisotopic (exact) mass is 367 g/mol. The second kappa shape index (κ2) is 8.57. The van der Waals surface area contributed by atoms with Crippen molar-refractivity contribution in [2.45, 2.75) is 51.7 Å². The first-order valence-electron chi connectivity index (χ1n) is 9.61. The van der Waals surface area contributed by atoms with Crippen LogP contribution in [0.25, 0.3) is 0 Å². The highest BCUT2D eigenvalue weighted by Crippen LogP contribution is 2.42. The van der Waals surface area contributed by atoms with Gasteiger partial charge in [-0.1, -0.05) is 42.5 Å². The highest BCUT2D eigenvalue weighted by atomic mass is 16.6. The van der Waals surface area contributed by atoms with Crippen LogP contribution in [0.5, 0.6) is 0 Å². The summed E-state index contributed by atoms with van der Waals surface area (Å²) in [5.41, 5.74) is 2.81. The number of benzene rings is 2. The molecule has 3 rings (SSSR count). The molecular weight excluding hydrogens is 338 g/mol. The second-order valence-corrected chi connectivity index (χ2v) is 8.28. The van der Waals surface area contributed by atoms with Gasteiger partial charge in [0.1, 0.15) is 5.60 Å². The lowest BCUT2D eigenvalue weighted by molar-refractivity contribution is 0.0508. The number of nitrogens with one attached hydrogen (secondary N) is 1. The van der Waals surface area contributed by atoms with Gasteiger partial charge in [-0.2, -0.15) is 0 Å². The molecule has 4 nitrogen and oxygen atoms in total. The molecule has 2 aromatic carbocycles. The lowest BCUT2D eigenvalue weighted by Gasteiger charge is -2.35. The third kappa shape index (κ3) is 6.10. The Morgan fingerprint density at radius 3 is 2.33 bits per heavy atom. The number of hydrogen-bond donors (Lipinski definition) is 1. The lowest BCUT2D eigenvalue weighted by Crippen LogP contribution is -2.27. The maximum absolute atomic E-state index is 11.8. The molecule has 4 heteroatoms. The minimum atomic E-state index is -0.493. The Morgan fingerprint density at radius 2 is 1.70 bits per heavy atom. The van der Waals surface area contributed by atoms with Gasteiger partial charge in [-0.05, 0) is 68.7 Å². The van der Waals surface area contributed by atoms with Crippen molar-refractivity contribution in [1.82, 2.24) is 0 Å². The van der Waals surface area contributed by atoms with Crippen LogP contribution < -0.4 is 5.32 Å². The number of carbonyl (C=O) groups is 1. The van der Waals surface area contributed by atoms with E-state index in [9.17, 15) is 4.79 Å². The smallest absolute Gasteiger partial charge is 0.412 e. The molecule has 0 aromatic heterocycles. The normalized spacial score (nSPS) is 19.2. The number of hydrogen-bond acceptors (Lipinski definition) is 3. The molecule has 144 valence electrons. The summed E-state index contributed by atoms with van der Waals surface area (Å²) < 4.78 is 11.1. The number of carbonyl (C=O) groups excluding carboxylic acids is 1. The quantitative estimate of drug-likeness (QED) is 0.708. The summed E-state index contributed by atoms with van der Waals surface area (Å²) in [6.45, 7) is 7.07. The van der Waals surface area contributed by atoms with Crippen LogP contribution in [0.1, 0.15) is 50.7 Å². The summed E-state index contributed by atoms with van der Waals surface area (Å²) in [7, 11) is 0. The van der Waals surface area contributed by atoms with Crippen LogP contribution in [0.4, 0.5) is 10.5 Å². The fourth-order valence-electron chi connectivity index (χ4n) is 3.32. The standard InChI is InChI=1S/C23H29NO3/c1-23(2,3)27-22(25)24-21-11-9-19(10-12-21)20-13-18(14-20)16-26-15-17-7-5-4-6-8-17/h4-12,18,20H,13-16H2,1-3H3,(H,24,25). The van der Waals surface area contributed by atoms with Crippen molar-refractivity contribution in [1.29, 1.82) is 0 Å². The average Bonchev–Trinajstić information content (AvgIpc) is 2.57. The van der Waals surface area contributed by atoms with Crippen LogP contribution in [0.2, 0.25) is 0 Å². The Kier molecular flexibility index (Phi) is 6.17. The van der Waals surface area contributed by atoms with Gasteiger partial charge in [0.2, 0.25) is 0 Å². The third-order valence-corrected chi connectivity index (χ3v) is 4.73. The van der Waals surface area contributed by atoms with E-state index in [2.05, 4.69) is 29.6 Å². The molecule has 0 heterocycles. The third-order valence-electron chi connectivity index (χ3n) is 4.73. The molecule has 0 unspecified atom stereocenters. The molecule has 1 amide bonds. The summed E-state index contributed by atoms with van der Waals surface area (Å²) in [6, 6.07) is 18.4. The van der Waals surface area contributed by atoms with Gasteiger partial charge in [0.25, 0.3) is 0 Å². The van der Waals surface area contributed by atoms with E-state index >= 15 is 0 Å². The maximum Gasteiger partial charge on any atom is 0.412 e. The molecule has 0 spiro atoms. The van der Waals surface area contributed by atoms with Crippen LogP contribution >= 0.6 is 0 Å². The fraction of sp³-hybridized carbons (Fsp3) is 0.435. The molecule has 0 bridgehead atoms. The van der Waals surface area contributed by atoms with Gasteiger partial charge >= 0.3 is 6.09 Å². The average molecular weight is 367 g/mol. The largest absolute Gasteiger partial charge is 0.444 e. The van der Waals surface area contributed by atoms with Gasteiger partial charge in [0.05, 0.1) is 6.61 Å². The van der Waals surface area contributed by atoms with E-state index in [1.165, 1.54) is 11.1 Å². The second-order valence-electron chi connectivity index (χ2n) is 8.28. The van der Waals surface area contributed by atoms with Crippen molar-refractivity contribution in [3.05, 3.63) is 65.7 Å². The zero-order valence-electron chi connectivity index (χ0n) is 16.4. The van der Waals surface area contributed by atoms with Crippen LogP contribution in [0.3, 0.4) is 0 Å². The predicted molar refractivity (Wildman–Crippen MR) is 108 cm³/mol. The molecule has 1 saturated carbocycles. The first kappa shape index (κ1) is 19.4. The molecule has 1 fully saturated rings. The highest BCUT2D eigenvalue weighted by Gasteiger charge is 2.30. The SMILES string of the molecule is CC(C)(C)OC(=O)Nc1ccc(C2CC(COCc3ccccc3)C2)cc1. The van der Waals surface area contributed by atoms with E-state index in [0.717, 1.165) is 25.1 Å². The van der Waals surface area contributed by atoms with E-state index < -0.39 is 11.7 Å². The fourth-order valence-corrected chi connectivity index (χ4v) is 3.32. The maximum atomic E-state index is 11.8. The topological polar surface area (TPSA) is 47.6 Å². The number of amides is 1. The van der Waals surface area contributed by atoms with Crippen LogP contribution in [-0.4, -0.2) is 18.3 Å². The number of anilines is 1. The van der Waals surface area contributed by atoms with Crippen molar-refractivity contribution in [2.24, 2.45) is 5.92 Å². The van der Waals surface area contributed by atoms with Crippen molar-refractivity contribution in [3.63, 3.8) is 0 Å². The minimum absolute atomic E-state index is 0.422. The van der Waals surface area contributed by atoms with E-state index in [-0.39, 0.29) is 0 Å². The van der Waals surface area contributed by atoms with Gasteiger partial charge in [-0.15, -0.1) is 0 Å². The molecule has 0 aliphatic heterocycles. The Hall–Kier alpha value is -2.33. The zero-order valence-corrected chi connectivity index (χ0v) is 16.4. The summed E-state index contributed by atoms with van der Waals surface area (Å²) >= 11 is 0. The highest BCUT2D eigenvalue weighted by molar-refractivity contribution is 5.84. The van der Waals surface area contributed by atoms with Gasteiger partial charge in [0.15, 0.2) is 0 Å². The number of ether oxygens (including phenoxy) is 2. The summed E-state index contributed by atoms with van der Waals surface area (Å²) in [6.07, 6.45) is 1.90. The van der Waals surface area contributed by atoms with Gasteiger partial charge in [-0.25, -0.2) is 4.79 Å². The Balaban J connectivity index is 1.38. The Bertz CT molecular complexity index is 728. The lowest BCUT2D eigenvalue weighted by atomic mass is 9.72. The van der Waals surface area contributed by atoms with E-state index in [1.54, 1.807) is 0 Å². The Morgan fingerprint density at radius 1 is 1.04 bits per heavy atom. The summed E-state index contributed by atoms with van der Waals surface area (Å²) in [5.74, 6) is 1.23. The van der Waals surface area contributed by atoms with E-state index in [0.29, 0.717) is 18.4 Å². The zero-order chi connectivity index (χ0) is 19.3.